The number of halogens is 1. The summed E-state index contributed by atoms with van der Waals surface area (Å²) in [7, 11) is -3.90. The summed E-state index contributed by atoms with van der Waals surface area (Å²) in [5.74, 6) is -2.33. The van der Waals surface area contributed by atoms with Gasteiger partial charge in [-0.25, -0.2) is 17.5 Å². The Morgan fingerprint density at radius 3 is 2.70 bits per heavy atom. The predicted octanol–water partition coefficient (Wildman–Crippen LogP) is 1.67. The molecule has 7 heteroatoms. The van der Waals surface area contributed by atoms with Crippen molar-refractivity contribution in [1.29, 1.82) is 0 Å². The Bertz CT molecular complexity index is 629. The van der Waals surface area contributed by atoms with E-state index in [1.807, 2.05) is 0 Å². The second kappa shape index (κ2) is 5.49. The summed E-state index contributed by atoms with van der Waals surface area (Å²) < 4.78 is 40.1. The van der Waals surface area contributed by atoms with Gasteiger partial charge in [0.25, 0.3) is 0 Å². The van der Waals surface area contributed by atoms with Crippen molar-refractivity contribution in [2.24, 2.45) is 5.92 Å². The van der Waals surface area contributed by atoms with Gasteiger partial charge in [0, 0.05) is 6.04 Å². The largest absolute Gasteiger partial charge is 0.481 e. The van der Waals surface area contributed by atoms with Crippen LogP contribution in [0.1, 0.15) is 24.8 Å². The van der Waals surface area contributed by atoms with Gasteiger partial charge in [-0.3, -0.25) is 4.79 Å². The van der Waals surface area contributed by atoms with Crippen LogP contribution in [-0.4, -0.2) is 25.5 Å². The molecule has 0 aromatic heterocycles. The lowest BCUT2D eigenvalue weighted by Gasteiger charge is -2.17. The molecule has 20 heavy (non-hydrogen) atoms. The number of carboxylic acid groups (broad SMARTS) is 1. The maximum absolute atomic E-state index is 13.4. The average molecular weight is 301 g/mol. The third-order valence-electron chi connectivity index (χ3n) is 3.59. The van der Waals surface area contributed by atoms with E-state index in [-0.39, 0.29) is 4.90 Å². The topological polar surface area (TPSA) is 83.5 Å². The first kappa shape index (κ1) is 14.9. The zero-order valence-corrected chi connectivity index (χ0v) is 11.8. The first-order valence-electron chi connectivity index (χ1n) is 6.32. The molecular weight excluding hydrogens is 285 g/mol. The fourth-order valence-electron chi connectivity index (χ4n) is 2.40. The number of carboxylic acids is 1. The zero-order chi connectivity index (χ0) is 14.9. The number of hydrogen-bond donors (Lipinski definition) is 2. The van der Waals surface area contributed by atoms with E-state index < -0.39 is 33.8 Å². The normalized spacial score (nSPS) is 22.9. The van der Waals surface area contributed by atoms with Crippen molar-refractivity contribution >= 4 is 16.0 Å². The predicted molar refractivity (Wildman–Crippen MR) is 70.2 cm³/mol. The van der Waals surface area contributed by atoms with Gasteiger partial charge in [-0.05, 0) is 37.5 Å². The fourth-order valence-corrected chi connectivity index (χ4v) is 3.73. The maximum atomic E-state index is 13.4. The number of aliphatic carboxylic acids is 1. The number of sulfonamides is 1. The molecule has 1 aromatic carbocycles. The number of carbonyl (C=O) groups is 1. The maximum Gasteiger partial charge on any atom is 0.308 e. The Kier molecular flexibility index (Phi) is 4.10. The number of aryl methyl sites for hydroxylation is 1. The molecule has 1 fully saturated rings. The molecule has 1 aliphatic carbocycles. The van der Waals surface area contributed by atoms with Crippen molar-refractivity contribution < 1.29 is 22.7 Å². The number of nitrogens with one attached hydrogen (secondary N) is 1. The van der Waals surface area contributed by atoms with Crippen LogP contribution < -0.4 is 4.72 Å². The molecular formula is C13H16FNO4S. The molecule has 2 N–H and O–H groups in total. The summed E-state index contributed by atoms with van der Waals surface area (Å²) in [6.45, 7) is 1.54. The summed E-state index contributed by atoms with van der Waals surface area (Å²) in [6, 6.07) is 3.00. The minimum absolute atomic E-state index is 0.184. The van der Waals surface area contributed by atoms with Crippen molar-refractivity contribution in [2.75, 3.05) is 0 Å². The van der Waals surface area contributed by atoms with E-state index in [2.05, 4.69) is 4.72 Å². The number of hydrogen-bond acceptors (Lipinski definition) is 3. The SMILES string of the molecule is Cc1ccc(S(=O)(=O)NC2CCCC2C(=O)O)cc1F. The molecule has 2 rings (SSSR count). The Balaban J connectivity index is 2.22. The molecule has 0 heterocycles. The molecule has 0 amide bonds. The first-order chi connectivity index (χ1) is 9.31. The minimum Gasteiger partial charge on any atom is -0.481 e. The smallest absolute Gasteiger partial charge is 0.308 e. The van der Waals surface area contributed by atoms with Gasteiger partial charge in [0.1, 0.15) is 5.82 Å². The van der Waals surface area contributed by atoms with Crippen molar-refractivity contribution in [3.8, 4) is 0 Å². The van der Waals surface area contributed by atoms with E-state index in [9.17, 15) is 17.6 Å². The van der Waals surface area contributed by atoms with Gasteiger partial charge in [-0.2, -0.15) is 0 Å². The molecule has 110 valence electrons. The molecule has 1 saturated carbocycles. The third-order valence-corrected chi connectivity index (χ3v) is 5.08. The monoisotopic (exact) mass is 301 g/mol. The van der Waals surface area contributed by atoms with Gasteiger partial charge in [-0.1, -0.05) is 12.5 Å². The van der Waals surface area contributed by atoms with Crippen LogP contribution in [0.3, 0.4) is 0 Å². The summed E-state index contributed by atoms with van der Waals surface area (Å²) >= 11 is 0. The molecule has 0 bridgehead atoms. The van der Waals surface area contributed by atoms with Crippen LogP contribution in [0.15, 0.2) is 23.1 Å². The lowest BCUT2D eigenvalue weighted by atomic mass is 10.1. The Labute approximate surface area is 116 Å². The van der Waals surface area contributed by atoms with E-state index in [0.717, 1.165) is 6.07 Å². The van der Waals surface area contributed by atoms with Gasteiger partial charge in [0.05, 0.1) is 10.8 Å². The van der Waals surface area contributed by atoms with Gasteiger partial charge < -0.3 is 5.11 Å². The van der Waals surface area contributed by atoms with Gasteiger partial charge in [0.15, 0.2) is 0 Å². The second-order valence-electron chi connectivity index (χ2n) is 5.01. The quantitative estimate of drug-likeness (QED) is 0.886. The van der Waals surface area contributed by atoms with E-state index in [1.54, 1.807) is 0 Å². The zero-order valence-electron chi connectivity index (χ0n) is 11.0. The first-order valence-corrected chi connectivity index (χ1v) is 7.81. The molecule has 0 radical (unpaired) electrons. The fraction of sp³-hybridized carbons (Fsp3) is 0.462. The summed E-state index contributed by atoms with van der Waals surface area (Å²) in [5.41, 5.74) is 0.355. The average Bonchev–Trinajstić information content (AvgIpc) is 2.80. The van der Waals surface area contributed by atoms with E-state index in [4.69, 9.17) is 5.11 Å². The van der Waals surface area contributed by atoms with Crippen LogP contribution in [0, 0.1) is 18.7 Å². The van der Waals surface area contributed by atoms with E-state index in [1.165, 1.54) is 19.1 Å². The number of benzene rings is 1. The van der Waals surface area contributed by atoms with Crippen LogP contribution in [-0.2, 0) is 14.8 Å². The minimum atomic E-state index is -3.90. The van der Waals surface area contributed by atoms with Crippen LogP contribution >= 0.6 is 0 Å². The van der Waals surface area contributed by atoms with Gasteiger partial charge in [0.2, 0.25) is 10.0 Å². The highest BCUT2D eigenvalue weighted by atomic mass is 32.2. The van der Waals surface area contributed by atoms with E-state index >= 15 is 0 Å². The highest BCUT2D eigenvalue weighted by Gasteiger charge is 2.35. The van der Waals surface area contributed by atoms with Crippen molar-refractivity contribution in [2.45, 2.75) is 37.1 Å². The van der Waals surface area contributed by atoms with E-state index in [0.29, 0.717) is 24.8 Å². The van der Waals surface area contributed by atoms with Crippen molar-refractivity contribution in [1.82, 2.24) is 4.72 Å². The summed E-state index contributed by atoms with van der Waals surface area (Å²) in [5, 5.41) is 9.04. The molecule has 2 unspecified atom stereocenters. The Hall–Kier alpha value is -1.47. The lowest BCUT2D eigenvalue weighted by Crippen LogP contribution is -2.40. The molecule has 5 nitrogen and oxygen atoms in total. The molecule has 0 aliphatic heterocycles. The Morgan fingerprint density at radius 1 is 1.40 bits per heavy atom. The Morgan fingerprint density at radius 2 is 2.10 bits per heavy atom. The molecule has 1 aromatic rings. The van der Waals surface area contributed by atoms with Gasteiger partial charge in [-0.15, -0.1) is 0 Å². The highest BCUT2D eigenvalue weighted by Crippen LogP contribution is 2.27. The molecule has 0 spiro atoms. The molecule has 1 aliphatic rings. The lowest BCUT2D eigenvalue weighted by molar-refractivity contribution is -0.141. The molecule has 2 atom stereocenters. The summed E-state index contributed by atoms with van der Waals surface area (Å²) in [4.78, 5) is 10.9. The van der Waals surface area contributed by atoms with Crippen molar-refractivity contribution in [3.05, 3.63) is 29.6 Å². The third kappa shape index (κ3) is 2.99. The van der Waals surface area contributed by atoms with Crippen molar-refractivity contribution in [3.63, 3.8) is 0 Å². The number of rotatable bonds is 4. The molecule has 0 saturated heterocycles. The van der Waals surface area contributed by atoms with Crippen LogP contribution in [0.4, 0.5) is 4.39 Å². The van der Waals surface area contributed by atoms with Crippen LogP contribution in [0.2, 0.25) is 0 Å². The van der Waals surface area contributed by atoms with Gasteiger partial charge >= 0.3 is 5.97 Å². The van der Waals surface area contributed by atoms with Crippen LogP contribution in [0.5, 0.6) is 0 Å². The summed E-state index contributed by atoms with van der Waals surface area (Å²) in [6.07, 6.45) is 1.59. The highest BCUT2D eigenvalue weighted by molar-refractivity contribution is 7.89. The van der Waals surface area contributed by atoms with Crippen LogP contribution in [0.25, 0.3) is 0 Å². The second-order valence-corrected chi connectivity index (χ2v) is 6.73. The standard InChI is InChI=1S/C13H16FNO4S/c1-8-5-6-9(7-11(8)14)20(18,19)15-12-4-2-3-10(12)13(16)17/h5-7,10,12,15H,2-4H2,1H3,(H,16,17).